The van der Waals surface area contributed by atoms with Crippen LogP contribution in [0.1, 0.15) is 50.1 Å². The summed E-state index contributed by atoms with van der Waals surface area (Å²) in [7, 11) is 0. The average molecular weight is 465 g/mol. The van der Waals surface area contributed by atoms with Crippen LogP contribution in [0.2, 0.25) is 0 Å². The number of pyridine rings is 1. The van der Waals surface area contributed by atoms with Gasteiger partial charge in [-0.05, 0) is 49.4 Å². The molecule has 2 unspecified atom stereocenters. The van der Waals surface area contributed by atoms with Gasteiger partial charge in [-0.25, -0.2) is 4.79 Å². The molecular weight excluding hydrogens is 432 g/mol. The number of carbonyl (C=O) groups is 2. The summed E-state index contributed by atoms with van der Waals surface area (Å²) >= 11 is 0. The fraction of sp³-hybridized carbons (Fsp3) is 0.500. The van der Waals surface area contributed by atoms with Crippen LogP contribution >= 0.6 is 0 Å². The molecule has 1 aromatic carbocycles. The van der Waals surface area contributed by atoms with Crippen molar-refractivity contribution in [1.82, 2.24) is 14.8 Å². The number of rotatable bonds is 5. The number of benzene rings is 1. The third kappa shape index (κ3) is 4.95. The third-order valence-corrected chi connectivity index (χ3v) is 7.21. The second kappa shape index (κ2) is 9.91. The fourth-order valence-electron chi connectivity index (χ4n) is 5.57. The largest absolute Gasteiger partial charge is 0.484 e. The van der Waals surface area contributed by atoms with E-state index >= 15 is 0 Å². The zero-order valence-electron chi connectivity index (χ0n) is 19.4. The Morgan fingerprint density at radius 2 is 1.76 bits per heavy atom. The van der Waals surface area contributed by atoms with Gasteiger partial charge in [0.15, 0.2) is 6.61 Å². The first-order valence-corrected chi connectivity index (χ1v) is 12.3. The molecule has 5 rings (SSSR count). The number of fused-ring (bicyclic) bond motifs is 4. The van der Waals surface area contributed by atoms with E-state index in [2.05, 4.69) is 10.6 Å². The number of ether oxygens (including phenoxy) is 1. The van der Waals surface area contributed by atoms with E-state index in [0.717, 1.165) is 25.0 Å². The minimum Gasteiger partial charge on any atom is -0.484 e. The highest BCUT2D eigenvalue weighted by Gasteiger charge is 2.37. The SMILES string of the molecule is O=C(COc1ccccc1)Nc1ccc2n(c1=O)CC1CC2CN(C(=O)NC2CCCCC2)C1. The molecule has 0 radical (unpaired) electrons. The summed E-state index contributed by atoms with van der Waals surface area (Å²) < 4.78 is 7.26. The number of hydrogen-bond donors (Lipinski definition) is 2. The predicted molar refractivity (Wildman–Crippen MR) is 129 cm³/mol. The van der Waals surface area contributed by atoms with Gasteiger partial charge in [-0.2, -0.15) is 0 Å². The van der Waals surface area contributed by atoms with Crippen LogP contribution in [-0.2, 0) is 11.3 Å². The van der Waals surface area contributed by atoms with Crippen molar-refractivity contribution in [2.24, 2.45) is 5.92 Å². The van der Waals surface area contributed by atoms with Crippen LogP contribution in [0.25, 0.3) is 0 Å². The molecule has 1 aromatic heterocycles. The minimum absolute atomic E-state index is 0.0275. The van der Waals surface area contributed by atoms with E-state index in [-0.39, 0.29) is 47.7 Å². The van der Waals surface area contributed by atoms with Gasteiger partial charge in [0.1, 0.15) is 11.4 Å². The average Bonchev–Trinajstić information content (AvgIpc) is 2.86. The zero-order chi connectivity index (χ0) is 23.5. The summed E-state index contributed by atoms with van der Waals surface area (Å²) in [4.78, 5) is 40.3. The van der Waals surface area contributed by atoms with Crippen LogP contribution in [0, 0.1) is 5.92 Å². The smallest absolute Gasteiger partial charge is 0.317 e. The molecule has 2 N–H and O–H groups in total. The van der Waals surface area contributed by atoms with E-state index in [9.17, 15) is 14.4 Å². The lowest BCUT2D eigenvalue weighted by molar-refractivity contribution is -0.118. The van der Waals surface area contributed by atoms with Crippen LogP contribution in [0.5, 0.6) is 5.75 Å². The zero-order valence-corrected chi connectivity index (χ0v) is 19.4. The van der Waals surface area contributed by atoms with Crippen LogP contribution in [0.4, 0.5) is 10.5 Å². The number of likely N-dealkylation sites (tertiary alicyclic amines) is 1. The number of piperidine rings is 1. The maximum absolute atomic E-state index is 13.1. The van der Waals surface area contributed by atoms with Gasteiger partial charge in [0, 0.05) is 37.3 Å². The quantitative estimate of drug-likeness (QED) is 0.710. The number of urea groups is 1. The highest BCUT2D eigenvalue weighted by molar-refractivity contribution is 5.91. The van der Waals surface area contributed by atoms with Gasteiger partial charge in [-0.15, -0.1) is 0 Å². The van der Waals surface area contributed by atoms with Gasteiger partial charge in [0.05, 0.1) is 0 Å². The Morgan fingerprint density at radius 1 is 0.971 bits per heavy atom. The molecule has 0 spiro atoms. The van der Waals surface area contributed by atoms with Crippen molar-refractivity contribution in [3.05, 3.63) is 58.5 Å². The maximum Gasteiger partial charge on any atom is 0.317 e. The second-order valence-electron chi connectivity index (χ2n) is 9.73. The summed E-state index contributed by atoms with van der Waals surface area (Å²) in [5.41, 5.74) is 1.01. The molecule has 1 saturated carbocycles. The van der Waals surface area contributed by atoms with Crippen LogP contribution in [0.15, 0.2) is 47.3 Å². The molecule has 3 amide bonds. The van der Waals surface area contributed by atoms with Gasteiger partial charge in [-0.1, -0.05) is 37.5 Å². The normalized spacial score (nSPS) is 21.9. The van der Waals surface area contributed by atoms with E-state index in [4.69, 9.17) is 4.74 Å². The summed E-state index contributed by atoms with van der Waals surface area (Å²) in [5.74, 6) is 0.588. The second-order valence-corrected chi connectivity index (χ2v) is 9.73. The van der Waals surface area contributed by atoms with E-state index in [1.807, 2.05) is 29.2 Å². The number of nitrogens with one attached hydrogen (secondary N) is 2. The molecule has 1 aliphatic carbocycles. The number of amides is 3. The van der Waals surface area contributed by atoms with Gasteiger partial charge in [0.25, 0.3) is 11.5 Å². The van der Waals surface area contributed by atoms with Gasteiger partial charge in [0.2, 0.25) is 0 Å². The number of nitrogens with zero attached hydrogens (tertiary/aromatic N) is 2. The highest BCUT2D eigenvalue weighted by Crippen LogP contribution is 2.35. The minimum atomic E-state index is -0.372. The van der Waals surface area contributed by atoms with Crippen molar-refractivity contribution in [3.8, 4) is 5.75 Å². The molecule has 2 aliphatic heterocycles. The Balaban J connectivity index is 1.23. The highest BCUT2D eigenvalue weighted by atomic mass is 16.5. The first-order chi connectivity index (χ1) is 16.6. The summed E-state index contributed by atoms with van der Waals surface area (Å²) in [6.07, 6.45) is 6.73. The number of hydrogen-bond acceptors (Lipinski definition) is 4. The summed E-state index contributed by atoms with van der Waals surface area (Å²) in [5, 5.41) is 5.92. The maximum atomic E-state index is 13.1. The lowest BCUT2D eigenvalue weighted by atomic mass is 9.83. The molecule has 180 valence electrons. The molecule has 34 heavy (non-hydrogen) atoms. The van der Waals surface area contributed by atoms with Crippen molar-refractivity contribution in [2.75, 3.05) is 25.0 Å². The van der Waals surface area contributed by atoms with Gasteiger partial charge < -0.3 is 24.8 Å². The Morgan fingerprint density at radius 3 is 2.56 bits per heavy atom. The molecule has 3 heterocycles. The van der Waals surface area contributed by atoms with Crippen molar-refractivity contribution < 1.29 is 14.3 Å². The Labute approximate surface area is 199 Å². The molecule has 2 aromatic rings. The van der Waals surface area contributed by atoms with Crippen LogP contribution in [0.3, 0.4) is 0 Å². The van der Waals surface area contributed by atoms with Crippen molar-refractivity contribution in [3.63, 3.8) is 0 Å². The number of anilines is 1. The topological polar surface area (TPSA) is 92.7 Å². The first-order valence-electron chi connectivity index (χ1n) is 12.3. The molecule has 8 nitrogen and oxygen atoms in total. The molecule has 2 atom stereocenters. The van der Waals surface area contributed by atoms with Crippen molar-refractivity contribution in [1.29, 1.82) is 0 Å². The Kier molecular flexibility index (Phi) is 6.56. The summed E-state index contributed by atoms with van der Waals surface area (Å²) in [6, 6.07) is 13.0. The first kappa shape index (κ1) is 22.5. The van der Waals surface area contributed by atoms with Crippen LogP contribution in [-0.4, -0.2) is 47.1 Å². The lowest BCUT2D eigenvalue weighted by Gasteiger charge is -2.43. The molecule has 2 bridgehead atoms. The van der Waals surface area contributed by atoms with E-state index in [0.29, 0.717) is 25.4 Å². The number of carbonyl (C=O) groups excluding carboxylic acids is 2. The van der Waals surface area contributed by atoms with Crippen molar-refractivity contribution in [2.45, 2.75) is 57.0 Å². The monoisotopic (exact) mass is 464 g/mol. The lowest BCUT2D eigenvalue weighted by Crippen LogP contribution is -2.53. The predicted octanol–water partition coefficient (Wildman–Crippen LogP) is 3.33. The van der Waals surface area contributed by atoms with Gasteiger partial charge in [-0.3, -0.25) is 9.59 Å². The Hall–Kier alpha value is -3.29. The molecular formula is C26H32N4O4. The van der Waals surface area contributed by atoms with E-state index in [1.54, 1.807) is 22.8 Å². The standard InChI is InChI=1S/C26H32N4O4/c31-24(17-34-21-9-5-2-6-10-21)28-22-11-12-23-19-13-18(15-30(23)25(22)32)14-29(16-19)26(33)27-20-7-3-1-4-8-20/h2,5-6,9-12,18-20H,1,3-4,7-8,13-17H2,(H,27,33)(H,28,31). The molecule has 1 saturated heterocycles. The molecule has 8 heteroatoms. The number of para-hydroxylation sites is 1. The van der Waals surface area contributed by atoms with Crippen LogP contribution < -0.4 is 20.9 Å². The summed E-state index contributed by atoms with van der Waals surface area (Å²) in [6.45, 7) is 1.66. The van der Waals surface area contributed by atoms with Gasteiger partial charge >= 0.3 is 6.03 Å². The molecule has 3 aliphatic rings. The van der Waals surface area contributed by atoms with E-state index < -0.39 is 0 Å². The molecule has 2 fully saturated rings. The number of aromatic nitrogens is 1. The Bertz CT molecular complexity index is 1090. The van der Waals surface area contributed by atoms with Crippen molar-refractivity contribution >= 4 is 17.6 Å². The fourth-order valence-corrected chi connectivity index (χ4v) is 5.57. The van der Waals surface area contributed by atoms with E-state index in [1.165, 1.54) is 19.3 Å². The third-order valence-electron chi connectivity index (χ3n) is 7.21.